The summed E-state index contributed by atoms with van der Waals surface area (Å²) in [6.07, 6.45) is 6.09. The Bertz CT molecular complexity index is 461. The SMILES string of the molecule is CN1CCC(Nc2cc(N3CCCC3CO)ncn2)CC1. The van der Waals surface area contributed by atoms with Crippen LogP contribution in [0.3, 0.4) is 0 Å². The van der Waals surface area contributed by atoms with Crippen LogP contribution in [0, 0.1) is 0 Å². The molecule has 3 heterocycles. The van der Waals surface area contributed by atoms with Gasteiger partial charge in [0.25, 0.3) is 0 Å². The van der Waals surface area contributed by atoms with Crippen molar-refractivity contribution in [2.75, 3.05) is 43.5 Å². The van der Waals surface area contributed by atoms with Gasteiger partial charge in [-0.2, -0.15) is 0 Å². The van der Waals surface area contributed by atoms with Gasteiger partial charge in [-0.05, 0) is 45.8 Å². The lowest BCUT2D eigenvalue weighted by molar-refractivity contribution is 0.263. The van der Waals surface area contributed by atoms with E-state index in [9.17, 15) is 5.11 Å². The molecule has 0 aromatic carbocycles. The Morgan fingerprint density at radius 1 is 1.24 bits per heavy atom. The fourth-order valence-corrected chi connectivity index (χ4v) is 3.27. The van der Waals surface area contributed by atoms with Crippen LogP contribution in [0.4, 0.5) is 11.6 Å². The van der Waals surface area contributed by atoms with Gasteiger partial charge in [0.05, 0.1) is 12.6 Å². The van der Waals surface area contributed by atoms with E-state index in [1.807, 2.05) is 6.07 Å². The minimum atomic E-state index is 0.196. The van der Waals surface area contributed by atoms with E-state index in [4.69, 9.17) is 0 Å². The number of hydrogen-bond donors (Lipinski definition) is 2. The first kappa shape index (κ1) is 14.5. The van der Waals surface area contributed by atoms with Gasteiger partial charge in [-0.3, -0.25) is 0 Å². The van der Waals surface area contributed by atoms with Crippen LogP contribution in [0.2, 0.25) is 0 Å². The Morgan fingerprint density at radius 2 is 2.05 bits per heavy atom. The zero-order valence-electron chi connectivity index (χ0n) is 12.7. The summed E-state index contributed by atoms with van der Waals surface area (Å²) in [5.41, 5.74) is 0. The predicted octanol–water partition coefficient (Wildman–Crippen LogP) is 0.944. The molecule has 1 unspecified atom stereocenters. The van der Waals surface area contributed by atoms with Gasteiger partial charge in [0.15, 0.2) is 0 Å². The number of nitrogens with one attached hydrogen (secondary N) is 1. The van der Waals surface area contributed by atoms with Crippen molar-refractivity contribution in [3.63, 3.8) is 0 Å². The molecule has 3 rings (SSSR count). The van der Waals surface area contributed by atoms with E-state index >= 15 is 0 Å². The Labute approximate surface area is 126 Å². The average Bonchev–Trinajstić information content (AvgIpc) is 2.98. The topological polar surface area (TPSA) is 64.5 Å². The second kappa shape index (κ2) is 6.58. The highest BCUT2D eigenvalue weighted by Gasteiger charge is 2.25. The highest BCUT2D eigenvalue weighted by Crippen LogP contribution is 2.25. The van der Waals surface area contributed by atoms with Crippen molar-refractivity contribution in [2.45, 2.75) is 37.8 Å². The van der Waals surface area contributed by atoms with Crippen molar-refractivity contribution < 1.29 is 5.11 Å². The van der Waals surface area contributed by atoms with Crippen LogP contribution in [-0.2, 0) is 0 Å². The molecular weight excluding hydrogens is 266 g/mol. The van der Waals surface area contributed by atoms with E-state index in [1.165, 1.54) is 0 Å². The van der Waals surface area contributed by atoms with E-state index in [1.54, 1.807) is 6.33 Å². The molecule has 6 heteroatoms. The first-order valence-corrected chi connectivity index (χ1v) is 7.91. The number of aliphatic hydroxyl groups is 1. The maximum atomic E-state index is 9.45. The third kappa shape index (κ3) is 3.44. The molecule has 1 atom stereocenters. The molecule has 0 bridgehead atoms. The first-order valence-electron chi connectivity index (χ1n) is 7.91. The fraction of sp³-hybridized carbons (Fsp3) is 0.733. The number of rotatable bonds is 4. The second-order valence-electron chi connectivity index (χ2n) is 6.16. The van der Waals surface area contributed by atoms with Crippen molar-refractivity contribution in [1.82, 2.24) is 14.9 Å². The highest BCUT2D eigenvalue weighted by atomic mass is 16.3. The number of hydrogen-bond acceptors (Lipinski definition) is 6. The molecule has 2 N–H and O–H groups in total. The van der Waals surface area contributed by atoms with Crippen LogP contribution in [0.15, 0.2) is 12.4 Å². The van der Waals surface area contributed by atoms with Crippen LogP contribution in [-0.4, -0.2) is 65.3 Å². The number of aromatic nitrogens is 2. The summed E-state index contributed by atoms with van der Waals surface area (Å²) in [5, 5.41) is 13.0. The molecule has 0 saturated carbocycles. The van der Waals surface area contributed by atoms with Gasteiger partial charge in [0.1, 0.15) is 18.0 Å². The Hall–Kier alpha value is -1.40. The van der Waals surface area contributed by atoms with Gasteiger partial charge in [-0.15, -0.1) is 0 Å². The van der Waals surface area contributed by atoms with Gasteiger partial charge in [0.2, 0.25) is 0 Å². The number of anilines is 2. The summed E-state index contributed by atoms with van der Waals surface area (Å²) in [5.74, 6) is 1.83. The molecule has 0 aliphatic carbocycles. The molecule has 2 saturated heterocycles. The van der Waals surface area contributed by atoms with Crippen molar-refractivity contribution in [3.05, 3.63) is 12.4 Å². The number of nitrogens with zero attached hydrogens (tertiary/aromatic N) is 4. The summed E-state index contributed by atoms with van der Waals surface area (Å²) in [4.78, 5) is 13.3. The largest absolute Gasteiger partial charge is 0.394 e. The summed E-state index contributed by atoms with van der Waals surface area (Å²) in [6, 6.07) is 2.72. The zero-order chi connectivity index (χ0) is 14.7. The minimum absolute atomic E-state index is 0.196. The van der Waals surface area contributed by atoms with Crippen molar-refractivity contribution in [1.29, 1.82) is 0 Å². The maximum absolute atomic E-state index is 9.45. The number of aliphatic hydroxyl groups excluding tert-OH is 1. The molecule has 21 heavy (non-hydrogen) atoms. The fourth-order valence-electron chi connectivity index (χ4n) is 3.27. The van der Waals surface area contributed by atoms with Crippen LogP contribution in [0.5, 0.6) is 0 Å². The van der Waals surface area contributed by atoms with Crippen molar-refractivity contribution in [3.8, 4) is 0 Å². The third-order valence-corrected chi connectivity index (χ3v) is 4.61. The molecule has 2 fully saturated rings. The maximum Gasteiger partial charge on any atom is 0.134 e. The molecular formula is C15H25N5O. The average molecular weight is 291 g/mol. The molecule has 0 amide bonds. The predicted molar refractivity (Wildman–Crippen MR) is 83.6 cm³/mol. The van der Waals surface area contributed by atoms with E-state index in [-0.39, 0.29) is 12.6 Å². The molecule has 2 aliphatic rings. The second-order valence-corrected chi connectivity index (χ2v) is 6.16. The molecule has 116 valence electrons. The lowest BCUT2D eigenvalue weighted by atomic mass is 10.1. The van der Waals surface area contributed by atoms with Crippen molar-refractivity contribution in [2.24, 2.45) is 0 Å². The van der Waals surface area contributed by atoms with Gasteiger partial charge in [-0.25, -0.2) is 9.97 Å². The third-order valence-electron chi connectivity index (χ3n) is 4.61. The standard InChI is InChI=1S/C15H25N5O/c1-19-7-4-12(5-8-19)18-14-9-15(17-11-16-14)20-6-2-3-13(20)10-21/h9,11-13,21H,2-8,10H2,1H3,(H,16,17,18). The molecule has 1 aromatic rings. The van der Waals surface area contributed by atoms with Crippen LogP contribution in [0.1, 0.15) is 25.7 Å². The van der Waals surface area contributed by atoms with E-state index in [0.717, 1.165) is 57.0 Å². The lowest BCUT2D eigenvalue weighted by Crippen LogP contribution is -2.37. The van der Waals surface area contributed by atoms with Gasteiger partial charge >= 0.3 is 0 Å². The number of likely N-dealkylation sites (tertiary alicyclic amines) is 1. The summed E-state index contributed by atoms with van der Waals surface area (Å²) in [6.45, 7) is 3.43. The van der Waals surface area contributed by atoms with Gasteiger partial charge < -0.3 is 20.2 Å². The van der Waals surface area contributed by atoms with Crippen LogP contribution < -0.4 is 10.2 Å². The smallest absolute Gasteiger partial charge is 0.134 e. The molecule has 6 nitrogen and oxygen atoms in total. The van der Waals surface area contributed by atoms with Crippen molar-refractivity contribution >= 4 is 11.6 Å². The molecule has 0 radical (unpaired) electrons. The number of piperidine rings is 1. The summed E-state index contributed by atoms with van der Waals surface area (Å²) < 4.78 is 0. The first-order chi connectivity index (χ1) is 10.3. The van der Waals surface area contributed by atoms with Gasteiger partial charge in [0, 0.05) is 18.7 Å². The van der Waals surface area contributed by atoms with Gasteiger partial charge in [-0.1, -0.05) is 0 Å². The minimum Gasteiger partial charge on any atom is -0.394 e. The van der Waals surface area contributed by atoms with Crippen LogP contribution >= 0.6 is 0 Å². The zero-order valence-corrected chi connectivity index (χ0v) is 12.7. The molecule has 0 spiro atoms. The van der Waals surface area contributed by atoms with E-state index in [2.05, 4.69) is 32.1 Å². The van der Waals surface area contributed by atoms with E-state index < -0.39 is 0 Å². The molecule has 2 aliphatic heterocycles. The van der Waals surface area contributed by atoms with Crippen LogP contribution in [0.25, 0.3) is 0 Å². The Kier molecular flexibility index (Phi) is 4.55. The quantitative estimate of drug-likeness (QED) is 0.861. The summed E-state index contributed by atoms with van der Waals surface area (Å²) in [7, 11) is 2.17. The Morgan fingerprint density at radius 3 is 2.81 bits per heavy atom. The monoisotopic (exact) mass is 291 g/mol. The lowest BCUT2D eigenvalue weighted by Gasteiger charge is -2.30. The summed E-state index contributed by atoms with van der Waals surface area (Å²) >= 11 is 0. The Balaban J connectivity index is 1.65. The normalized spacial score (nSPS) is 24.5. The highest BCUT2D eigenvalue weighted by molar-refractivity contribution is 5.50. The van der Waals surface area contributed by atoms with E-state index in [0.29, 0.717) is 6.04 Å². The molecule has 1 aromatic heterocycles.